The lowest BCUT2D eigenvalue weighted by molar-refractivity contribution is -0.136. The molecule has 2 N–H and O–H groups in total. The van der Waals surface area contributed by atoms with E-state index in [2.05, 4.69) is 43.6 Å². The first kappa shape index (κ1) is 53.5. The number of nitrogens with one attached hydrogen (secondary N) is 2. The lowest BCUT2D eigenvalue weighted by Crippen LogP contribution is -2.54. The smallest absolute Gasteiger partial charge is 0.264 e. The quantitative estimate of drug-likeness (QED) is 0.0451. The summed E-state index contributed by atoms with van der Waals surface area (Å²) >= 11 is 6.55. The van der Waals surface area contributed by atoms with Gasteiger partial charge in [0.25, 0.3) is 11.8 Å². The van der Waals surface area contributed by atoms with E-state index in [4.69, 9.17) is 45.0 Å². The summed E-state index contributed by atoms with van der Waals surface area (Å²) < 4.78 is 47.1. The van der Waals surface area contributed by atoms with Gasteiger partial charge in [0.15, 0.2) is 0 Å². The van der Waals surface area contributed by atoms with Crippen LogP contribution in [0.15, 0.2) is 66.9 Å². The number of halogens is 1. The third-order valence-electron chi connectivity index (χ3n) is 12.4. The van der Waals surface area contributed by atoms with Crippen LogP contribution in [-0.2, 0) is 50.7 Å². The lowest BCUT2D eigenvalue weighted by atomic mass is 10.0. The summed E-state index contributed by atoms with van der Waals surface area (Å²) in [7, 11) is -0.787. The molecule has 4 heterocycles. The Morgan fingerprint density at radius 2 is 1.45 bits per heavy atom. The summed E-state index contributed by atoms with van der Waals surface area (Å²) in [5.41, 5.74) is 4.68. The molecule has 1 aromatic heterocycles. The summed E-state index contributed by atoms with van der Waals surface area (Å²) in [5.74, 6) is -0.737. The Bertz CT molecular complexity index is 2520. The average Bonchev–Trinajstić information content (AvgIpc) is 3.61. The van der Waals surface area contributed by atoms with Crippen LogP contribution in [0.1, 0.15) is 62.6 Å². The zero-order valence-corrected chi connectivity index (χ0v) is 42.5. The molecule has 0 radical (unpaired) electrons. The molecule has 1 atom stereocenters. The number of ether oxygens (including phenoxy) is 6. The number of anilines is 2. The fourth-order valence-corrected chi connectivity index (χ4v) is 10.2. The number of nitrogens with zero attached hydrogens (tertiary/aromatic N) is 5. The summed E-state index contributed by atoms with van der Waals surface area (Å²) in [6.07, 6.45) is 3.72. The van der Waals surface area contributed by atoms with Crippen LogP contribution in [0.25, 0.3) is 0 Å². The van der Waals surface area contributed by atoms with Crippen molar-refractivity contribution in [2.45, 2.75) is 38.1 Å². The van der Waals surface area contributed by atoms with Gasteiger partial charge in [0.05, 0.1) is 88.4 Å². The Hall–Kier alpha value is -5.30. The van der Waals surface area contributed by atoms with Crippen molar-refractivity contribution in [2.75, 3.05) is 136 Å². The molecule has 3 aliphatic rings. The summed E-state index contributed by atoms with van der Waals surface area (Å²) in [5, 5.41) is 6.68. The molecule has 382 valence electrons. The number of benzene rings is 3. The van der Waals surface area contributed by atoms with Crippen molar-refractivity contribution in [3.63, 3.8) is 0 Å². The van der Waals surface area contributed by atoms with E-state index in [-0.39, 0.29) is 24.0 Å². The Kier molecular flexibility index (Phi) is 19.9. The highest BCUT2D eigenvalue weighted by Gasteiger charge is 2.45. The SMILES string of the molecule is COc1cc(N2CCN(CCCOCCOCCOCCOCCOCCNc3cccc4c3C(=O)N(C3CCC(=O)NC3=O)C4=O)CC2)ccc1Cc1ncc(Cl)c(Cc2ccccc2P(C)(C)=O)n1. The number of hydrogen-bond donors (Lipinski definition) is 2. The minimum Gasteiger partial charge on any atom is -0.496 e. The third kappa shape index (κ3) is 14.9. The Labute approximate surface area is 420 Å². The largest absolute Gasteiger partial charge is 0.496 e. The number of carbonyl (C=O) groups excluding carboxylic acids is 4. The van der Waals surface area contributed by atoms with E-state index in [1.807, 2.05) is 24.3 Å². The van der Waals surface area contributed by atoms with Crippen molar-refractivity contribution >= 4 is 59.1 Å². The Balaban J connectivity index is 0.675. The van der Waals surface area contributed by atoms with Crippen LogP contribution in [0, 0.1) is 0 Å². The van der Waals surface area contributed by atoms with E-state index >= 15 is 0 Å². The second-order valence-electron chi connectivity index (χ2n) is 17.8. The maximum Gasteiger partial charge on any atom is 0.264 e. The molecule has 4 aromatic rings. The summed E-state index contributed by atoms with van der Waals surface area (Å²) in [6.45, 7) is 13.3. The topological polar surface area (TPSA) is 200 Å². The number of piperazine rings is 1. The number of methoxy groups -OCH3 is 1. The van der Waals surface area contributed by atoms with Gasteiger partial charge in [-0.1, -0.05) is 48.0 Å². The molecule has 20 heteroatoms. The van der Waals surface area contributed by atoms with E-state index in [0.29, 0.717) is 108 Å². The van der Waals surface area contributed by atoms with Crippen molar-refractivity contribution in [1.82, 2.24) is 25.1 Å². The van der Waals surface area contributed by atoms with Crippen molar-refractivity contribution in [3.05, 3.63) is 106 Å². The summed E-state index contributed by atoms with van der Waals surface area (Å²) in [4.78, 5) is 65.3. The molecular formula is C51H65ClN7O11P. The molecule has 0 bridgehead atoms. The normalized spacial score (nSPS) is 16.4. The molecule has 2 fully saturated rings. The number of fused-ring (bicyclic) bond motifs is 1. The molecule has 2 saturated heterocycles. The highest BCUT2D eigenvalue weighted by Crippen LogP contribution is 2.37. The maximum absolute atomic E-state index is 13.2. The van der Waals surface area contributed by atoms with Crippen LogP contribution in [0.4, 0.5) is 11.4 Å². The molecule has 4 amide bonds. The van der Waals surface area contributed by atoms with Crippen LogP contribution in [0.2, 0.25) is 5.02 Å². The lowest BCUT2D eigenvalue weighted by Gasteiger charge is -2.36. The van der Waals surface area contributed by atoms with E-state index in [1.165, 1.54) is 0 Å². The van der Waals surface area contributed by atoms with Crippen LogP contribution < -0.4 is 25.6 Å². The number of piperidine rings is 1. The van der Waals surface area contributed by atoms with Gasteiger partial charge in [-0.25, -0.2) is 9.97 Å². The molecule has 0 spiro atoms. The van der Waals surface area contributed by atoms with E-state index in [9.17, 15) is 23.7 Å². The Morgan fingerprint density at radius 3 is 2.13 bits per heavy atom. The number of rotatable bonds is 28. The average molecular weight is 1020 g/mol. The van der Waals surface area contributed by atoms with Crippen LogP contribution in [0.5, 0.6) is 5.75 Å². The van der Waals surface area contributed by atoms with Crippen molar-refractivity contribution in [3.8, 4) is 5.75 Å². The van der Waals surface area contributed by atoms with Crippen molar-refractivity contribution in [2.24, 2.45) is 0 Å². The standard InChI is InChI=1S/C51H65ClN7O11P/c1-65-44-34-38(13-12-36(44)33-46-54-35-40(52)42(55-46)32-37-8-4-5-11-45(37)71(2,3)64)58-20-18-57(19-21-58)17-7-22-66-24-26-68-28-30-70-31-29-69-27-25-67-23-16-53-41-10-6-9-39-48(41)51(63)59(50(39)62)43-14-15-47(60)56-49(43)61/h4-6,8-13,34-35,43,53H,7,14-33H2,1-3H3,(H,56,60,61). The number of carbonyl (C=O) groups is 4. The van der Waals surface area contributed by atoms with Gasteiger partial charge in [-0.05, 0) is 49.9 Å². The predicted molar refractivity (Wildman–Crippen MR) is 270 cm³/mol. The summed E-state index contributed by atoms with van der Waals surface area (Å²) in [6, 6.07) is 18.0. The van der Waals surface area contributed by atoms with Gasteiger partial charge in [-0.3, -0.25) is 34.3 Å². The van der Waals surface area contributed by atoms with Crippen molar-refractivity contribution in [1.29, 1.82) is 0 Å². The number of imide groups is 2. The maximum atomic E-state index is 13.2. The van der Waals surface area contributed by atoms with Crippen LogP contribution in [-0.4, -0.2) is 175 Å². The van der Waals surface area contributed by atoms with Gasteiger partial charge in [0.2, 0.25) is 11.8 Å². The highest BCUT2D eigenvalue weighted by molar-refractivity contribution is 7.70. The Morgan fingerprint density at radius 1 is 0.775 bits per heavy atom. The molecule has 18 nitrogen and oxygen atoms in total. The molecule has 0 saturated carbocycles. The monoisotopic (exact) mass is 1020 g/mol. The van der Waals surface area contributed by atoms with E-state index in [0.717, 1.165) is 71.9 Å². The first-order valence-corrected chi connectivity index (χ1v) is 27.1. The first-order valence-electron chi connectivity index (χ1n) is 24.2. The highest BCUT2D eigenvalue weighted by atomic mass is 35.5. The van der Waals surface area contributed by atoms with Gasteiger partial charge >= 0.3 is 0 Å². The van der Waals surface area contributed by atoms with Gasteiger partial charge in [-0.15, -0.1) is 0 Å². The number of amides is 4. The molecule has 3 aromatic carbocycles. The molecule has 71 heavy (non-hydrogen) atoms. The zero-order chi connectivity index (χ0) is 50.2. The van der Waals surface area contributed by atoms with Gasteiger partial charge in [0, 0.05) is 99.6 Å². The van der Waals surface area contributed by atoms with Gasteiger partial charge in [-0.2, -0.15) is 0 Å². The fraction of sp³-hybridized carbons (Fsp3) is 0.490. The molecular weight excluding hydrogens is 953 g/mol. The molecule has 7 rings (SSSR count). The van der Waals surface area contributed by atoms with Gasteiger partial charge < -0.3 is 43.2 Å². The minimum atomic E-state index is -2.47. The first-order chi connectivity index (χ1) is 34.4. The van der Waals surface area contributed by atoms with E-state index in [1.54, 1.807) is 44.8 Å². The van der Waals surface area contributed by atoms with Crippen LogP contribution in [0.3, 0.4) is 0 Å². The second kappa shape index (κ2) is 26.4. The molecule has 1 unspecified atom stereocenters. The van der Waals surface area contributed by atoms with Crippen molar-refractivity contribution < 1.29 is 52.2 Å². The molecule has 3 aliphatic heterocycles. The second-order valence-corrected chi connectivity index (χ2v) is 21.3. The fourth-order valence-electron chi connectivity index (χ4n) is 8.79. The van der Waals surface area contributed by atoms with Gasteiger partial charge in [0.1, 0.15) is 24.8 Å². The number of hydrogen-bond acceptors (Lipinski definition) is 16. The number of aromatic nitrogens is 2. The van der Waals surface area contributed by atoms with E-state index < -0.39 is 36.8 Å². The molecule has 0 aliphatic carbocycles. The third-order valence-corrected chi connectivity index (χ3v) is 14.3. The predicted octanol–water partition coefficient (Wildman–Crippen LogP) is 4.68. The minimum absolute atomic E-state index is 0.0633. The zero-order valence-electron chi connectivity index (χ0n) is 40.8. The van der Waals surface area contributed by atoms with Crippen LogP contribution >= 0.6 is 18.7 Å².